The van der Waals surface area contributed by atoms with Crippen LogP contribution in [0, 0.1) is 11.3 Å². The van der Waals surface area contributed by atoms with Gasteiger partial charge < -0.3 is 14.2 Å². The molecule has 0 bridgehead atoms. The van der Waals surface area contributed by atoms with E-state index in [0.29, 0.717) is 40.8 Å². The fraction of sp³-hybridized carbons (Fsp3) is 0.179. The average Bonchev–Trinajstić information content (AvgIpc) is 3.26. The van der Waals surface area contributed by atoms with E-state index in [4.69, 9.17) is 14.2 Å². The first-order valence-corrected chi connectivity index (χ1v) is 12.1. The number of hydrogen-bond donors (Lipinski definition) is 0. The highest BCUT2D eigenvalue weighted by molar-refractivity contribution is 7.23. The second-order valence-corrected chi connectivity index (χ2v) is 8.48. The number of esters is 1. The summed E-state index contributed by atoms with van der Waals surface area (Å²) in [5, 5.41) is 10.7. The number of carbonyl (C=O) groups excluding carboxylic acids is 1. The second kappa shape index (κ2) is 11.3. The number of ether oxygens (including phenoxy) is 3. The topological polar surface area (TPSA) is 80.9 Å². The highest BCUT2D eigenvalue weighted by Gasteiger charge is 2.19. The number of benzene rings is 3. The zero-order valence-electron chi connectivity index (χ0n) is 19.5. The summed E-state index contributed by atoms with van der Waals surface area (Å²) in [6, 6.07) is 22.7. The van der Waals surface area contributed by atoms with Crippen molar-refractivity contribution in [1.29, 1.82) is 5.26 Å². The van der Waals surface area contributed by atoms with Crippen LogP contribution in [0.1, 0.15) is 40.9 Å². The Balaban J connectivity index is 1.60. The highest BCUT2D eigenvalue weighted by atomic mass is 32.1. The average molecular weight is 485 g/mol. The molecular formula is C28H24N2O4S. The first-order valence-electron chi connectivity index (χ1n) is 11.2. The Morgan fingerprint density at radius 1 is 1.00 bits per heavy atom. The first-order chi connectivity index (χ1) is 17.1. The lowest BCUT2D eigenvalue weighted by atomic mass is 10.1. The Labute approximate surface area is 208 Å². The van der Waals surface area contributed by atoms with Crippen molar-refractivity contribution < 1.29 is 19.0 Å². The molecule has 4 aromatic rings. The van der Waals surface area contributed by atoms with Crippen molar-refractivity contribution in [3.05, 3.63) is 89.0 Å². The minimum Gasteiger partial charge on any atom is -0.490 e. The largest absolute Gasteiger partial charge is 0.490 e. The van der Waals surface area contributed by atoms with Crippen molar-refractivity contribution in [3.63, 3.8) is 0 Å². The van der Waals surface area contributed by atoms with Crippen LogP contribution in [-0.2, 0) is 11.3 Å². The molecule has 35 heavy (non-hydrogen) atoms. The molecule has 0 atom stereocenters. The maximum atomic E-state index is 12.6. The molecule has 0 radical (unpaired) electrons. The molecule has 1 heterocycles. The van der Waals surface area contributed by atoms with Crippen LogP contribution >= 0.6 is 11.3 Å². The predicted molar refractivity (Wildman–Crippen MR) is 138 cm³/mol. The first kappa shape index (κ1) is 24.0. The molecule has 4 rings (SSSR count). The van der Waals surface area contributed by atoms with Gasteiger partial charge in [0.1, 0.15) is 17.2 Å². The van der Waals surface area contributed by atoms with Gasteiger partial charge in [0.2, 0.25) is 0 Å². The molecule has 0 N–H and O–H groups in total. The molecule has 0 aliphatic carbocycles. The highest BCUT2D eigenvalue weighted by Crippen LogP contribution is 2.38. The fourth-order valence-corrected chi connectivity index (χ4v) is 4.60. The van der Waals surface area contributed by atoms with E-state index in [1.165, 1.54) is 11.3 Å². The van der Waals surface area contributed by atoms with Gasteiger partial charge in [-0.3, -0.25) is 0 Å². The lowest BCUT2D eigenvalue weighted by molar-refractivity contribution is 0.0530. The van der Waals surface area contributed by atoms with Crippen LogP contribution in [0.25, 0.3) is 10.1 Å². The summed E-state index contributed by atoms with van der Waals surface area (Å²) < 4.78 is 18.0. The van der Waals surface area contributed by atoms with Gasteiger partial charge in [-0.2, -0.15) is 5.26 Å². The molecular weight excluding hydrogens is 460 g/mol. The monoisotopic (exact) mass is 484 g/mol. The number of rotatable bonds is 9. The molecule has 6 nitrogen and oxygen atoms in total. The van der Waals surface area contributed by atoms with E-state index in [1.807, 2.05) is 67.6 Å². The lowest BCUT2D eigenvalue weighted by Crippen LogP contribution is -2.04. The Bertz CT molecular complexity index is 1420. The maximum Gasteiger partial charge on any atom is 0.341 e. The van der Waals surface area contributed by atoms with Crippen LogP contribution in [0.3, 0.4) is 0 Å². The predicted octanol–water partition coefficient (Wildman–Crippen LogP) is 6.68. The summed E-state index contributed by atoms with van der Waals surface area (Å²) >= 11 is 1.44. The van der Waals surface area contributed by atoms with Crippen LogP contribution in [0.15, 0.2) is 71.7 Å². The van der Waals surface area contributed by atoms with E-state index in [2.05, 4.69) is 11.1 Å². The van der Waals surface area contributed by atoms with Crippen LogP contribution in [0.2, 0.25) is 0 Å². The van der Waals surface area contributed by atoms with E-state index in [0.717, 1.165) is 21.2 Å². The normalized spacial score (nSPS) is 10.9. The summed E-state index contributed by atoms with van der Waals surface area (Å²) in [4.78, 5) is 17.2. The molecule has 0 saturated heterocycles. The Hall–Kier alpha value is -4.15. The minimum absolute atomic E-state index is 0.252. The van der Waals surface area contributed by atoms with Gasteiger partial charge in [-0.25, -0.2) is 9.79 Å². The van der Waals surface area contributed by atoms with Crippen molar-refractivity contribution in [2.45, 2.75) is 20.5 Å². The van der Waals surface area contributed by atoms with Crippen molar-refractivity contribution in [2.75, 3.05) is 13.2 Å². The van der Waals surface area contributed by atoms with Gasteiger partial charge >= 0.3 is 5.97 Å². The molecule has 1 aromatic heterocycles. The van der Waals surface area contributed by atoms with E-state index < -0.39 is 0 Å². The van der Waals surface area contributed by atoms with Gasteiger partial charge in [-0.1, -0.05) is 36.4 Å². The van der Waals surface area contributed by atoms with Crippen LogP contribution in [-0.4, -0.2) is 25.4 Å². The third-order valence-corrected chi connectivity index (χ3v) is 6.25. The van der Waals surface area contributed by atoms with Gasteiger partial charge in [0, 0.05) is 21.9 Å². The molecule has 176 valence electrons. The number of nitrogens with zero attached hydrogens (tertiary/aromatic N) is 2. The van der Waals surface area contributed by atoms with Gasteiger partial charge in [-0.15, -0.1) is 11.3 Å². The molecule has 0 spiro atoms. The van der Waals surface area contributed by atoms with E-state index >= 15 is 0 Å². The number of nitriles is 1. The van der Waals surface area contributed by atoms with E-state index in [-0.39, 0.29) is 12.6 Å². The minimum atomic E-state index is -0.381. The van der Waals surface area contributed by atoms with Gasteiger partial charge in [0.15, 0.2) is 11.5 Å². The number of hydrogen-bond acceptors (Lipinski definition) is 7. The summed E-state index contributed by atoms with van der Waals surface area (Å²) in [6.07, 6.45) is 1.70. The lowest BCUT2D eigenvalue weighted by Gasteiger charge is -2.13. The third-order valence-electron chi connectivity index (χ3n) is 5.18. The van der Waals surface area contributed by atoms with Crippen molar-refractivity contribution in [3.8, 4) is 17.6 Å². The quantitative estimate of drug-likeness (QED) is 0.196. The molecule has 0 aliphatic heterocycles. The van der Waals surface area contributed by atoms with Gasteiger partial charge in [-0.05, 0) is 49.7 Å². The van der Waals surface area contributed by atoms with Crippen molar-refractivity contribution in [1.82, 2.24) is 0 Å². The van der Waals surface area contributed by atoms with E-state index in [9.17, 15) is 10.1 Å². The zero-order valence-corrected chi connectivity index (χ0v) is 20.3. The van der Waals surface area contributed by atoms with E-state index in [1.54, 1.807) is 19.2 Å². The number of fused-ring (bicyclic) bond motifs is 1. The number of thiophene rings is 1. The molecule has 0 saturated carbocycles. The molecule has 0 unspecified atom stereocenters. The molecule has 0 aliphatic rings. The molecule has 3 aromatic carbocycles. The number of carbonyl (C=O) groups is 1. The Kier molecular flexibility index (Phi) is 7.76. The van der Waals surface area contributed by atoms with Crippen LogP contribution in [0.4, 0.5) is 5.00 Å². The summed E-state index contributed by atoms with van der Waals surface area (Å²) in [7, 11) is 0. The summed E-state index contributed by atoms with van der Waals surface area (Å²) in [6.45, 7) is 4.70. The van der Waals surface area contributed by atoms with Gasteiger partial charge in [0.25, 0.3) is 0 Å². The smallest absolute Gasteiger partial charge is 0.341 e. The Morgan fingerprint density at radius 2 is 1.80 bits per heavy atom. The van der Waals surface area contributed by atoms with Crippen molar-refractivity contribution in [2.24, 2.45) is 4.99 Å². The molecule has 0 fully saturated rings. The van der Waals surface area contributed by atoms with Crippen LogP contribution < -0.4 is 9.47 Å². The second-order valence-electron chi connectivity index (χ2n) is 7.45. The molecule has 7 heteroatoms. The molecule has 0 amide bonds. The number of aliphatic imine (C=N–C) groups is 1. The van der Waals surface area contributed by atoms with Crippen LogP contribution in [0.5, 0.6) is 11.5 Å². The fourth-order valence-electron chi connectivity index (χ4n) is 3.56. The summed E-state index contributed by atoms with van der Waals surface area (Å²) in [5.74, 6) is 0.771. The maximum absolute atomic E-state index is 12.6. The standard InChI is InChI=1S/C28H24N2O4S/c1-3-32-24-15-19(13-14-23(24)34-18-21-10-6-5-9-20(21)16-29)17-30-27-26(28(31)33-4-2)22-11-7-8-12-25(22)35-27/h5-15,17H,3-4,18H2,1-2H3. The summed E-state index contributed by atoms with van der Waals surface area (Å²) in [5.41, 5.74) is 2.66. The SMILES string of the molecule is CCOC(=O)c1c(N=Cc2ccc(OCc3ccccc3C#N)c(OCC)c2)sc2ccccc12. The zero-order chi connectivity index (χ0) is 24.6. The Morgan fingerprint density at radius 3 is 2.60 bits per heavy atom. The van der Waals surface area contributed by atoms with Gasteiger partial charge in [0.05, 0.1) is 24.8 Å². The van der Waals surface area contributed by atoms with Crippen molar-refractivity contribution >= 4 is 38.6 Å². The third kappa shape index (κ3) is 5.51.